The summed E-state index contributed by atoms with van der Waals surface area (Å²) in [5.41, 5.74) is 2.44. The monoisotopic (exact) mass is 258 g/mol. The van der Waals surface area contributed by atoms with Gasteiger partial charge in [0, 0.05) is 0 Å². The molecule has 19 heavy (non-hydrogen) atoms. The molecule has 98 valence electrons. The fourth-order valence-electron chi connectivity index (χ4n) is 1.95. The summed E-state index contributed by atoms with van der Waals surface area (Å²) >= 11 is 0. The van der Waals surface area contributed by atoms with Crippen molar-refractivity contribution in [3.8, 4) is 11.1 Å². The molecule has 0 aliphatic heterocycles. The highest BCUT2D eigenvalue weighted by Crippen LogP contribution is 2.25. The zero-order valence-electron chi connectivity index (χ0n) is 10.9. The third-order valence-corrected chi connectivity index (χ3v) is 3.09. The summed E-state index contributed by atoms with van der Waals surface area (Å²) in [7, 11) is 0. The Morgan fingerprint density at radius 3 is 2.37 bits per heavy atom. The average Bonchev–Trinajstić information content (AvgIpc) is 2.38. The van der Waals surface area contributed by atoms with Gasteiger partial charge in [0.2, 0.25) is 0 Å². The molecule has 3 heteroatoms. The van der Waals surface area contributed by atoms with Crippen molar-refractivity contribution >= 4 is 5.97 Å². The lowest BCUT2D eigenvalue weighted by atomic mass is 9.97. The molecule has 0 radical (unpaired) electrons. The van der Waals surface area contributed by atoms with E-state index in [9.17, 15) is 9.18 Å². The van der Waals surface area contributed by atoms with Crippen molar-refractivity contribution in [2.24, 2.45) is 0 Å². The smallest absolute Gasteiger partial charge is 0.338 e. The molecule has 0 fully saturated rings. The predicted molar refractivity (Wildman–Crippen MR) is 72.9 cm³/mol. The fraction of sp³-hybridized carbons (Fsp3) is 0.188. The molecule has 0 aromatic heterocycles. The first-order valence-electron chi connectivity index (χ1n) is 6.12. The van der Waals surface area contributed by atoms with Gasteiger partial charge in [0.15, 0.2) is 0 Å². The molecule has 0 bridgehead atoms. The molecule has 0 unspecified atom stereocenters. The SMILES string of the molecule is CC(C)c1cccc(-c2ccc(C(=O)O)c(F)c2)c1. The van der Waals surface area contributed by atoms with Gasteiger partial charge in [-0.25, -0.2) is 9.18 Å². The number of carboxylic acid groups (broad SMARTS) is 1. The minimum Gasteiger partial charge on any atom is -0.478 e. The van der Waals surface area contributed by atoms with Crippen LogP contribution in [0.5, 0.6) is 0 Å². The third kappa shape index (κ3) is 2.81. The number of aromatic carboxylic acids is 1. The molecule has 0 saturated carbocycles. The molecule has 0 heterocycles. The summed E-state index contributed by atoms with van der Waals surface area (Å²) in [6, 6.07) is 12.0. The van der Waals surface area contributed by atoms with Gasteiger partial charge in [-0.15, -0.1) is 0 Å². The quantitative estimate of drug-likeness (QED) is 0.890. The molecule has 0 amide bonds. The summed E-state index contributed by atoms with van der Waals surface area (Å²) in [5.74, 6) is -1.57. The van der Waals surface area contributed by atoms with E-state index in [2.05, 4.69) is 13.8 Å². The van der Waals surface area contributed by atoms with Crippen LogP contribution >= 0.6 is 0 Å². The maximum atomic E-state index is 13.7. The minimum atomic E-state index is -1.25. The van der Waals surface area contributed by atoms with Crippen LogP contribution in [0.1, 0.15) is 35.7 Å². The number of halogens is 1. The highest BCUT2D eigenvalue weighted by Gasteiger charge is 2.11. The van der Waals surface area contributed by atoms with Gasteiger partial charge in [-0.2, -0.15) is 0 Å². The Hall–Kier alpha value is -2.16. The van der Waals surface area contributed by atoms with E-state index < -0.39 is 11.8 Å². The highest BCUT2D eigenvalue weighted by atomic mass is 19.1. The molecule has 2 nitrogen and oxygen atoms in total. The molecular formula is C16H15FO2. The van der Waals surface area contributed by atoms with Gasteiger partial charge in [0.1, 0.15) is 5.82 Å². The first kappa shape index (κ1) is 13.3. The van der Waals surface area contributed by atoms with Gasteiger partial charge in [0.05, 0.1) is 5.56 Å². The number of rotatable bonds is 3. The third-order valence-electron chi connectivity index (χ3n) is 3.09. The van der Waals surface area contributed by atoms with Crippen molar-refractivity contribution in [3.05, 3.63) is 59.4 Å². The number of carbonyl (C=O) groups is 1. The maximum absolute atomic E-state index is 13.7. The van der Waals surface area contributed by atoms with E-state index in [0.29, 0.717) is 11.5 Å². The van der Waals surface area contributed by atoms with Crippen LogP contribution in [-0.2, 0) is 0 Å². The van der Waals surface area contributed by atoms with Crippen LogP contribution in [0.25, 0.3) is 11.1 Å². The lowest BCUT2D eigenvalue weighted by molar-refractivity contribution is 0.0692. The summed E-state index contributed by atoms with van der Waals surface area (Å²) in [6.45, 7) is 4.18. The van der Waals surface area contributed by atoms with Crippen molar-refractivity contribution < 1.29 is 14.3 Å². The average molecular weight is 258 g/mol. The highest BCUT2D eigenvalue weighted by molar-refractivity contribution is 5.88. The maximum Gasteiger partial charge on any atom is 0.338 e. The van der Waals surface area contributed by atoms with E-state index in [1.54, 1.807) is 6.07 Å². The molecular weight excluding hydrogens is 243 g/mol. The van der Waals surface area contributed by atoms with E-state index in [0.717, 1.165) is 5.56 Å². The topological polar surface area (TPSA) is 37.3 Å². The molecule has 2 rings (SSSR count). The Kier molecular flexibility index (Phi) is 3.65. The van der Waals surface area contributed by atoms with Gasteiger partial charge < -0.3 is 5.11 Å². The van der Waals surface area contributed by atoms with Crippen LogP contribution in [0, 0.1) is 5.82 Å². The normalized spacial score (nSPS) is 10.7. The van der Waals surface area contributed by atoms with E-state index in [4.69, 9.17) is 5.11 Å². The van der Waals surface area contributed by atoms with Crippen LogP contribution in [0.3, 0.4) is 0 Å². The van der Waals surface area contributed by atoms with Crippen molar-refractivity contribution in [1.29, 1.82) is 0 Å². The molecule has 0 spiro atoms. The summed E-state index contributed by atoms with van der Waals surface area (Å²) < 4.78 is 13.7. The van der Waals surface area contributed by atoms with Crippen molar-refractivity contribution in [2.45, 2.75) is 19.8 Å². The Balaban J connectivity index is 2.45. The van der Waals surface area contributed by atoms with Gasteiger partial charge in [0.25, 0.3) is 0 Å². The number of carboxylic acids is 1. The second-order valence-electron chi connectivity index (χ2n) is 4.78. The van der Waals surface area contributed by atoms with E-state index in [1.807, 2.05) is 24.3 Å². The molecule has 2 aromatic carbocycles. The van der Waals surface area contributed by atoms with E-state index >= 15 is 0 Å². The lowest BCUT2D eigenvalue weighted by Crippen LogP contribution is -2.00. The summed E-state index contributed by atoms with van der Waals surface area (Å²) in [4.78, 5) is 10.8. The van der Waals surface area contributed by atoms with Crippen LogP contribution in [0.15, 0.2) is 42.5 Å². The fourth-order valence-corrected chi connectivity index (χ4v) is 1.95. The second kappa shape index (κ2) is 5.22. The Labute approximate surface area is 111 Å². The molecule has 2 aromatic rings. The van der Waals surface area contributed by atoms with Crippen molar-refractivity contribution in [2.75, 3.05) is 0 Å². The molecule has 0 aliphatic rings. The number of benzene rings is 2. The zero-order valence-corrected chi connectivity index (χ0v) is 10.9. The summed E-state index contributed by atoms with van der Waals surface area (Å²) in [5, 5.41) is 8.80. The number of hydrogen-bond donors (Lipinski definition) is 1. The Morgan fingerprint density at radius 2 is 1.79 bits per heavy atom. The number of hydrogen-bond acceptors (Lipinski definition) is 1. The van der Waals surface area contributed by atoms with Crippen molar-refractivity contribution in [1.82, 2.24) is 0 Å². The van der Waals surface area contributed by atoms with Crippen LogP contribution in [-0.4, -0.2) is 11.1 Å². The van der Waals surface area contributed by atoms with Crippen LogP contribution < -0.4 is 0 Å². The largest absolute Gasteiger partial charge is 0.478 e. The first-order valence-corrected chi connectivity index (χ1v) is 6.12. The van der Waals surface area contributed by atoms with Crippen molar-refractivity contribution in [3.63, 3.8) is 0 Å². The van der Waals surface area contributed by atoms with Gasteiger partial charge in [-0.3, -0.25) is 0 Å². The van der Waals surface area contributed by atoms with Gasteiger partial charge >= 0.3 is 5.97 Å². The molecule has 0 atom stereocenters. The Bertz CT molecular complexity index is 618. The lowest BCUT2D eigenvalue weighted by Gasteiger charge is -2.09. The first-order chi connectivity index (χ1) is 8.99. The zero-order chi connectivity index (χ0) is 14.0. The predicted octanol–water partition coefficient (Wildman–Crippen LogP) is 4.31. The molecule has 0 aliphatic carbocycles. The standard InChI is InChI=1S/C16H15FO2/c1-10(2)11-4-3-5-12(8-11)13-6-7-14(16(18)19)15(17)9-13/h3-10H,1-2H3,(H,18,19). The van der Waals surface area contributed by atoms with E-state index in [1.165, 1.54) is 17.7 Å². The second-order valence-corrected chi connectivity index (χ2v) is 4.78. The Morgan fingerprint density at radius 1 is 1.11 bits per heavy atom. The summed E-state index contributed by atoms with van der Waals surface area (Å²) in [6.07, 6.45) is 0. The molecule has 1 N–H and O–H groups in total. The van der Waals surface area contributed by atoms with Crippen LogP contribution in [0.2, 0.25) is 0 Å². The van der Waals surface area contributed by atoms with Crippen LogP contribution in [0.4, 0.5) is 4.39 Å². The van der Waals surface area contributed by atoms with Gasteiger partial charge in [-0.05, 0) is 34.7 Å². The van der Waals surface area contributed by atoms with E-state index in [-0.39, 0.29) is 5.56 Å². The minimum absolute atomic E-state index is 0.302. The molecule has 0 saturated heterocycles. The van der Waals surface area contributed by atoms with Gasteiger partial charge in [-0.1, -0.05) is 44.2 Å².